The molecule has 0 aliphatic rings. The summed E-state index contributed by atoms with van der Waals surface area (Å²) < 4.78 is 5.85. The molecular weight excluding hydrogens is 347 g/mol. The highest BCUT2D eigenvalue weighted by molar-refractivity contribution is 14.1. The van der Waals surface area contributed by atoms with Crippen molar-refractivity contribution in [3.05, 3.63) is 27.8 Å². The Bertz CT molecular complexity index is 451. The van der Waals surface area contributed by atoms with E-state index in [1.165, 1.54) is 4.90 Å². The predicted molar refractivity (Wildman–Crippen MR) is 77.3 cm³/mol. The fraction of sp³-hybridized carbons (Fsp3) is 0.333. The maximum atomic E-state index is 11.7. The van der Waals surface area contributed by atoms with Crippen LogP contribution in [-0.2, 0) is 9.53 Å². The third kappa shape index (κ3) is 3.59. The third-order valence-electron chi connectivity index (χ3n) is 2.34. The van der Waals surface area contributed by atoms with E-state index in [2.05, 4.69) is 22.6 Å². The molecule has 0 radical (unpaired) electrons. The Labute approximate surface area is 119 Å². The Morgan fingerprint density at radius 3 is 2.67 bits per heavy atom. The fourth-order valence-electron chi connectivity index (χ4n) is 1.54. The van der Waals surface area contributed by atoms with Crippen LogP contribution in [0.15, 0.2) is 24.3 Å². The van der Waals surface area contributed by atoms with Gasteiger partial charge in [-0.25, -0.2) is 9.59 Å². The molecule has 18 heavy (non-hydrogen) atoms. The van der Waals surface area contributed by atoms with E-state index in [0.717, 1.165) is 3.57 Å². The normalized spacial score (nSPS) is 11.7. The molecule has 1 aromatic rings. The molecule has 0 spiro atoms. The van der Waals surface area contributed by atoms with E-state index in [0.29, 0.717) is 5.69 Å². The van der Waals surface area contributed by atoms with Crippen molar-refractivity contribution in [1.82, 2.24) is 0 Å². The maximum Gasteiger partial charge on any atom is 0.329 e. The van der Waals surface area contributed by atoms with Gasteiger partial charge in [-0.2, -0.15) is 0 Å². The molecule has 0 fully saturated rings. The standard InChI is InChI=1S/C12H15IN2O3/c1-3-18-11(16)8(2)15(12(14)17)10-6-4-5-9(13)7-10/h4-8H,3H2,1-2H3,(H2,14,17). The molecule has 1 unspecified atom stereocenters. The first kappa shape index (κ1) is 14.7. The Balaban J connectivity index is 3.03. The van der Waals surface area contributed by atoms with Gasteiger partial charge < -0.3 is 10.5 Å². The van der Waals surface area contributed by atoms with Crippen LogP contribution >= 0.6 is 22.6 Å². The zero-order chi connectivity index (χ0) is 13.7. The highest BCUT2D eigenvalue weighted by atomic mass is 127. The van der Waals surface area contributed by atoms with E-state index < -0.39 is 18.0 Å². The van der Waals surface area contributed by atoms with Crippen LogP contribution in [0, 0.1) is 3.57 Å². The molecular formula is C12H15IN2O3. The minimum Gasteiger partial charge on any atom is -0.464 e. The number of carbonyl (C=O) groups excluding carboxylic acids is 2. The van der Waals surface area contributed by atoms with Crippen molar-refractivity contribution in [2.24, 2.45) is 5.73 Å². The Morgan fingerprint density at radius 1 is 1.50 bits per heavy atom. The van der Waals surface area contributed by atoms with Crippen LogP contribution in [0.3, 0.4) is 0 Å². The summed E-state index contributed by atoms with van der Waals surface area (Å²) in [6, 6.07) is 5.76. The van der Waals surface area contributed by atoms with Gasteiger partial charge in [-0.05, 0) is 54.6 Å². The van der Waals surface area contributed by atoms with Gasteiger partial charge in [-0.1, -0.05) is 6.07 Å². The summed E-state index contributed by atoms with van der Waals surface area (Å²) in [6.07, 6.45) is 0. The first-order valence-electron chi connectivity index (χ1n) is 5.48. The van der Waals surface area contributed by atoms with Crippen LogP contribution in [-0.4, -0.2) is 24.6 Å². The number of esters is 1. The molecule has 2 amide bonds. The molecule has 0 aliphatic heterocycles. The second kappa shape index (κ2) is 6.58. The number of hydrogen-bond donors (Lipinski definition) is 1. The number of halogens is 1. The number of carbonyl (C=O) groups is 2. The summed E-state index contributed by atoms with van der Waals surface area (Å²) in [5.74, 6) is -0.477. The van der Waals surface area contributed by atoms with Crippen LogP contribution in [0.4, 0.5) is 10.5 Å². The van der Waals surface area contributed by atoms with E-state index >= 15 is 0 Å². The Kier molecular flexibility index (Phi) is 5.39. The van der Waals surface area contributed by atoms with Crippen LogP contribution in [0.2, 0.25) is 0 Å². The minimum absolute atomic E-state index is 0.266. The predicted octanol–water partition coefficient (Wildman–Crippen LogP) is 2.13. The van der Waals surface area contributed by atoms with Crippen LogP contribution in [0.5, 0.6) is 0 Å². The van der Waals surface area contributed by atoms with Crippen molar-refractivity contribution in [2.45, 2.75) is 19.9 Å². The number of primary amides is 1. The van der Waals surface area contributed by atoms with E-state index in [-0.39, 0.29) is 6.61 Å². The molecule has 0 aliphatic carbocycles. The lowest BCUT2D eigenvalue weighted by Crippen LogP contribution is -2.47. The molecule has 1 aromatic carbocycles. The van der Waals surface area contributed by atoms with Crippen LogP contribution < -0.4 is 10.6 Å². The minimum atomic E-state index is -0.749. The number of nitrogens with two attached hydrogens (primary N) is 1. The number of hydrogen-bond acceptors (Lipinski definition) is 3. The molecule has 6 heteroatoms. The van der Waals surface area contributed by atoms with Crippen LogP contribution in [0.1, 0.15) is 13.8 Å². The number of rotatable bonds is 4. The quantitative estimate of drug-likeness (QED) is 0.659. The van der Waals surface area contributed by atoms with Gasteiger partial charge >= 0.3 is 12.0 Å². The zero-order valence-electron chi connectivity index (χ0n) is 10.2. The summed E-state index contributed by atoms with van der Waals surface area (Å²) >= 11 is 2.12. The Hall–Kier alpha value is -1.31. The number of benzene rings is 1. The van der Waals surface area contributed by atoms with Gasteiger partial charge in [0.1, 0.15) is 6.04 Å². The lowest BCUT2D eigenvalue weighted by atomic mass is 10.2. The summed E-state index contributed by atoms with van der Waals surface area (Å²) in [5.41, 5.74) is 5.91. The molecule has 98 valence electrons. The van der Waals surface area contributed by atoms with E-state index in [1.54, 1.807) is 32.0 Å². The van der Waals surface area contributed by atoms with Crippen molar-refractivity contribution in [3.63, 3.8) is 0 Å². The molecule has 0 saturated heterocycles. The monoisotopic (exact) mass is 362 g/mol. The lowest BCUT2D eigenvalue weighted by molar-refractivity contribution is -0.144. The van der Waals surface area contributed by atoms with E-state index in [9.17, 15) is 9.59 Å². The number of amides is 2. The second-order valence-electron chi connectivity index (χ2n) is 3.62. The van der Waals surface area contributed by atoms with E-state index in [1.807, 2.05) is 6.07 Å². The first-order chi connectivity index (χ1) is 8.47. The number of anilines is 1. The summed E-state index contributed by atoms with van der Waals surface area (Å²) in [6.45, 7) is 3.56. The molecule has 2 N–H and O–H groups in total. The average Bonchev–Trinajstić information content (AvgIpc) is 2.29. The third-order valence-corrected chi connectivity index (χ3v) is 3.01. The van der Waals surface area contributed by atoms with Gasteiger partial charge in [0.15, 0.2) is 0 Å². The van der Waals surface area contributed by atoms with Crippen LogP contribution in [0.25, 0.3) is 0 Å². The molecule has 0 heterocycles. The van der Waals surface area contributed by atoms with Gasteiger partial charge in [-0.15, -0.1) is 0 Å². The smallest absolute Gasteiger partial charge is 0.329 e. The summed E-state index contributed by atoms with van der Waals surface area (Å²) in [4.78, 5) is 24.4. The topological polar surface area (TPSA) is 72.6 Å². The van der Waals surface area contributed by atoms with Gasteiger partial charge in [0, 0.05) is 9.26 Å². The molecule has 1 atom stereocenters. The largest absolute Gasteiger partial charge is 0.464 e. The van der Waals surface area contributed by atoms with Crippen molar-refractivity contribution in [1.29, 1.82) is 0 Å². The van der Waals surface area contributed by atoms with Crippen molar-refractivity contribution in [2.75, 3.05) is 11.5 Å². The fourth-order valence-corrected chi connectivity index (χ4v) is 2.06. The molecule has 0 aromatic heterocycles. The maximum absolute atomic E-state index is 11.7. The summed E-state index contributed by atoms with van der Waals surface area (Å²) in [5, 5.41) is 0. The first-order valence-corrected chi connectivity index (χ1v) is 6.56. The zero-order valence-corrected chi connectivity index (χ0v) is 12.4. The summed E-state index contributed by atoms with van der Waals surface area (Å²) in [7, 11) is 0. The molecule has 5 nitrogen and oxygen atoms in total. The highest BCUT2D eigenvalue weighted by Gasteiger charge is 2.26. The lowest BCUT2D eigenvalue weighted by Gasteiger charge is -2.26. The van der Waals surface area contributed by atoms with Gasteiger partial charge in [-0.3, -0.25) is 4.90 Å². The SMILES string of the molecule is CCOC(=O)C(C)N(C(N)=O)c1cccc(I)c1. The second-order valence-corrected chi connectivity index (χ2v) is 4.86. The number of urea groups is 1. The van der Waals surface area contributed by atoms with Gasteiger partial charge in [0.25, 0.3) is 0 Å². The number of nitrogens with zero attached hydrogens (tertiary/aromatic N) is 1. The van der Waals surface area contributed by atoms with E-state index in [4.69, 9.17) is 10.5 Å². The highest BCUT2D eigenvalue weighted by Crippen LogP contribution is 2.20. The van der Waals surface area contributed by atoms with Crippen molar-refractivity contribution < 1.29 is 14.3 Å². The molecule has 0 bridgehead atoms. The Morgan fingerprint density at radius 2 is 2.17 bits per heavy atom. The van der Waals surface area contributed by atoms with Gasteiger partial charge in [0.2, 0.25) is 0 Å². The van der Waals surface area contributed by atoms with Crippen molar-refractivity contribution >= 4 is 40.3 Å². The number of ether oxygens (including phenoxy) is 1. The van der Waals surface area contributed by atoms with Gasteiger partial charge in [0.05, 0.1) is 6.61 Å². The van der Waals surface area contributed by atoms with Crippen molar-refractivity contribution in [3.8, 4) is 0 Å². The molecule has 0 saturated carbocycles. The molecule has 1 rings (SSSR count). The average molecular weight is 362 g/mol.